The number of halogens is 2. The van der Waals surface area contributed by atoms with E-state index in [0.717, 1.165) is 23.9 Å². The van der Waals surface area contributed by atoms with Crippen molar-refractivity contribution in [3.05, 3.63) is 60.2 Å². The number of carbonyl (C=O) groups excluding carboxylic acids is 1. The van der Waals surface area contributed by atoms with Gasteiger partial charge in [-0.1, -0.05) is 42.1 Å². The molecule has 0 N–H and O–H groups in total. The average Bonchev–Trinajstić information content (AvgIpc) is 3.36. The minimum absolute atomic E-state index is 0.0277. The number of benzene rings is 2. The summed E-state index contributed by atoms with van der Waals surface area (Å²) in [6.07, 6.45) is 0.418. The molecule has 7 nitrogen and oxygen atoms in total. The number of aromatic nitrogens is 3. The largest absolute Gasteiger partial charge is 0.338 e. The van der Waals surface area contributed by atoms with E-state index in [1.54, 1.807) is 36.1 Å². The minimum atomic E-state index is -3.13. The van der Waals surface area contributed by atoms with Gasteiger partial charge < -0.3 is 4.90 Å². The lowest BCUT2D eigenvalue weighted by Gasteiger charge is -2.26. The Labute approximate surface area is 194 Å². The van der Waals surface area contributed by atoms with Crippen LogP contribution in [0.3, 0.4) is 0 Å². The van der Waals surface area contributed by atoms with E-state index in [1.165, 1.54) is 10.6 Å². The average molecular weight is 493 g/mol. The predicted molar refractivity (Wildman–Crippen MR) is 122 cm³/mol. The van der Waals surface area contributed by atoms with Gasteiger partial charge >= 0.3 is 0 Å². The molecule has 1 atom stereocenters. The Bertz CT molecular complexity index is 1270. The van der Waals surface area contributed by atoms with E-state index in [0.29, 0.717) is 24.4 Å². The molecule has 0 spiro atoms. The number of hydrogen-bond acceptors (Lipinski definition) is 6. The molecular formula is C22H22F2N4O3S2. The molecule has 1 unspecified atom stereocenters. The molecule has 0 bridgehead atoms. The topological polar surface area (TPSA) is 85.2 Å². The molecule has 2 heterocycles. The van der Waals surface area contributed by atoms with E-state index in [-0.39, 0.29) is 40.1 Å². The lowest BCUT2D eigenvalue weighted by Crippen LogP contribution is -2.42. The first-order chi connectivity index (χ1) is 15.8. The Morgan fingerprint density at radius 1 is 1.18 bits per heavy atom. The molecule has 1 aliphatic rings. The number of carbonyl (C=O) groups is 1. The number of hydrogen-bond donors (Lipinski definition) is 0. The first-order valence-corrected chi connectivity index (χ1v) is 13.2. The van der Waals surface area contributed by atoms with E-state index in [4.69, 9.17) is 0 Å². The highest BCUT2D eigenvalue weighted by Gasteiger charge is 2.34. The van der Waals surface area contributed by atoms with Gasteiger partial charge in [-0.05, 0) is 25.5 Å². The maximum absolute atomic E-state index is 14.7. The van der Waals surface area contributed by atoms with Crippen LogP contribution in [0.25, 0.3) is 17.1 Å². The molecule has 1 aromatic heterocycles. The second kappa shape index (κ2) is 9.60. The molecule has 1 fully saturated rings. The fourth-order valence-corrected chi connectivity index (χ4v) is 6.45. The predicted octanol–water partition coefficient (Wildman–Crippen LogP) is 3.34. The first kappa shape index (κ1) is 23.4. The second-order valence-corrected chi connectivity index (χ2v) is 10.8. The summed E-state index contributed by atoms with van der Waals surface area (Å²) in [5.74, 6) is -1.36. The summed E-state index contributed by atoms with van der Waals surface area (Å²) in [5.41, 5.74) is 0.739. The molecule has 3 aromatic rings. The van der Waals surface area contributed by atoms with Crippen LogP contribution in [0.15, 0.2) is 53.7 Å². The van der Waals surface area contributed by atoms with Crippen molar-refractivity contribution >= 4 is 27.5 Å². The molecule has 1 saturated heterocycles. The van der Waals surface area contributed by atoms with Crippen LogP contribution in [0.5, 0.6) is 0 Å². The van der Waals surface area contributed by atoms with Crippen LogP contribution in [0.4, 0.5) is 8.78 Å². The molecule has 0 radical (unpaired) electrons. The van der Waals surface area contributed by atoms with Crippen molar-refractivity contribution < 1.29 is 22.0 Å². The Balaban J connectivity index is 1.63. The van der Waals surface area contributed by atoms with Crippen molar-refractivity contribution in [2.45, 2.75) is 24.5 Å². The zero-order valence-electron chi connectivity index (χ0n) is 17.8. The number of thioether (sulfide) groups is 1. The molecule has 4 rings (SSSR count). The van der Waals surface area contributed by atoms with E-state index < -0.39 is 21.5 Å². The van der Waals surface area contributed by atoms with Crippen molar-refractivity contribution in [2.75, 3.05) is 23.8 Å². The third kappa shape index (κ3) is 5.09. The van der Waals surface area contributed by atoms with Crippen LogP contribution in [0.2, 0.25) is 0 Å². The molecule has 33 heavy (non-hydrogen) atoms. The smallest absolute Gasteiger partial charge is 0.233 e. The van der Waals surface area contributed by atoms with Gasteiger partial charge in [-0.25, -0.2) is 17.2 Å². The van der Waals surface area contributed by atoms with Crippen molar-refractivity contribution in [3.63, 3.8) is 0 Å². The molecule has 1 amide bonds. The number of nitrogens with zero attached hydrogens (tertiary/aromatic N) is 4. The summed E-state index contributed by atoms with van der Waals surface area (Å²) in [5, 5.41) is 8.62. The maximum Gasteiger partial charge on any atom is 0.233 e. The van der Waals surface area contributed by atoms with Crippen LogP contribution >= 0.6 is 11.8 Å². The van der Waals surface area contributed by atoms with Crippen molar-refractivity contribution in [1.29, 1.82) is 0 Å². The van der Waals surface area contributed by atoms with Gasteiger partial charge in [-0.3, -0.25) is 9.36 Å². The highest BCUT2D eigenvalue weighted by molar-refractivity contribution is 7.99. The van der Waals surface area contributed by atoms with Crippen molar-refractivity contribution in [2.24, 2.45) is 0 Å². The number of amides is 1. The number of rotatable bonds is 7. The van der Waals surface area contributed by atoms with Gasteiger partial charge in [0.2, 0.25) is 5.91 Å². The summed E-state index contributed by atoms with van der Waals surface area (Å²) in [6.45, 7) is 2.19. The van der Waals surface area contributed by atoms with Gasteiger partial charge in [-0.2, -0.15) is 0 Å². The van der Waals surface area contributed by atoms with Crippen molar-refractivity contribution in [3.8, 4) is 17.1 Å². The van der Waals surface area contributed by atoms with Crippen LogP contribution < -0.4 is 0 Å². The molecule has 0 saturated carbocycles. The first-order valence-electron chi connectivity index (χ1n) is 10.4. The van der Waals surface area contributed by atoms with E-state index >= 15 is 0 Å². The van der Waals surface area contributed by atoms with Gasteiger partial charge in [0, 0.05) is 24.2 Å². The Morgan fingerprint density at radius 3 is 2.58 bits per heavy atom. The third-order valence-electron chi connectivity index (χ3n) is 5.45. The van der Waals surface area contributed by atoms with Crippen LogP contribution in [-0.2, 0) is 14.6 Å². The summed E-state index contributed by atoms with van der Waals surface area (Å²) >= 11 is 1.07. The third-order valence-corrected chi connectivity index (χ3v) is 8.11. The summed E-state index contributed by atoms with van der Waals surface area (Å²) in [4.78, 5) is 14.5. The van der Waals surface area contributed by atoms with E-state index in [2.05, 4.69) is 10.2 Å². The lowest BCUT2D eigenvalue weighted by atomic mass is 10.2. The second-order valence-electron chi connectivity index (χ2n) is 7.63. The van der Waals surface area contributed by atoms with Gasteiger partial charge in [-0.15, -0.1) is 10.2 Å². The lowest BCUT2D eigenvalue weighted by molar-refractivity contribution is -0.129. The van der Waals surface area contributed by atoms with Gasteiger partial charge in [0.05, 0.1) is 22.9 Å². The molecule has 0 aliphatic carbocycles. The van der Waals surface area contributed by atoms with Gasteiger partial charge in [0.25, 0.3) is 0 Å². The van der Waals surface area contributed by atoms with E-state index in [1.807, 2.05) is 6.07 Å². The van der Waals surface area contributed by atoms with Crippen LogP contribution in [0.1, 0.15) is 13.3 Å². The molecule has 2 aromatic carbocycles. The highest BCUT2D eigenvalue weighted by atomic mass is 32.2. The molecular weight excluding hydrogens is 470 g/mol. The summed E-state index contributed by atoms with van der Waals surface area (Å²) < 4.78 is 53.3. The Kier molecular flexibility index (Phi) is 6.80. The minimum Gasteiger partial charge on any atom is -0.338 e. The zero-order valence-corrected chi connectivity index (χ0v) is 19.5. The van der Waals surface area contributed by atoms with Gasteiger partial charge in [0.15, 0.2) is 20.8 Å². The maximum atomic E-state index is 14.7. The van der Waals surface area contributed by atoms with Gasteiger partial charge in [0.1, 0.15) is 11.6 Å². The zero-order chi connectivity index (χ0) is 23.6. The fourth-order valence-electron chi connectivity index (χ4n) is 3.89. The normalized spacial score (nSPS) is 17.2. The fraction of sp³-hybridized carbons (Fsp3) is 0.318. The van der Waals surface area contributed by atoms with E-state index in [9.17, 15) is 22.0 Å². The van der Waals surface area contributed by atoms with Crippen molar-refractivity contribution in [1.82, 2.24) is 19.7 Å². The Morgan fingerprint density at radius 2 is 1.94 bits per heavy atom. The quantitative estimate of drug-likeness (QED) is 0.471. The van der Waals surface area contributed by atoms with Crippen LogP contribution in [-0.4, -0.2) is 63.8 Å². The SMILES string of the molecule is CCN(C(=O)CSc1nnc(-c2ccccc2)n1-c1ccc(F)cc1F)C1CCS(=O)(=O)C1. The monoisotopic (exact) mass is 492 g/mol. The molecule has 1 aliphatic heterocycles. The Hall–Kier alpha value is -2.79. The summed E-state index contributed by atoms with van der Waals surface area (Å²) in [7, 11) is -3.13. The molecule has 11 heteroatoms. The summed E-state index contributed by atoms with van der Waals surface area (Å²) in [6, 6.07) is 11.9. The van der Waals surface area contributed by atoms with Crippen LogP contribution in [0, 0.1) is 11.6 Å². The highest BCUT2D eigenvalue weighted by Crippen LogP contribution is 2.30. The number of sulfone groups is 1. The molecule has 174 valence electrons. The standard InChI is InChI=1S/C22H22F2N4O3S2/c1-2-27(17-10-11-33(30,31)14-17)20(29)13-32-22-26-25-21(15-6-4-3-5-7-15)28(22)19-9-8-16(23)12-18(19)24/h3-9,12,17H,2,10-11,13-14H2,1H3.